The van der Waals surface area contributed by atoms with E-state index in [1.54, 1.807) is 54.6 Å². The SMILES string of the molecule is CCOc1cc(C(=O)N/N=C/c2cc(Br)cc(Br)c2OCC(=O)Nc2ccc(Cl)cc2)ccc1OC. The first-order chi connectivity index (χ1) is 17.3. The molecular formula is C25H22Br2ClN3O5. The van der Waals surface area contributed by atoms with Gasteiger partial charge in [0.1, 0.15) is 5.75 Å². The number of carbonyl (C=O) groups is 2. The fraction of sp³-hybridized carbons (Fsp3) is 0.160. The molecule has 0 saturated heterocycles. The number of ether oxygens (including phenoxy) is 3. The van der Waals surface area contributed by atoms with E-state index in [-0.39, 0.29) is 12.5 Å². The Kier molecular flexibility index (Phi) is 10.2. The first-order valence-corrected chi connectivity index (χ1v) is 12.6. The Hall–Kier alpha value is -3.08. The van der Waals surface area contributed by atoms with Crippen LogP contribution in [-0.2, 0) is 4.79 Å². The lowest BCUT2D eigenvalue weighted by atomic mass is 10.2. The summed E-state index contributed by atoms with van der Waals surface area (Å²) in [5.41, 5.74) is 3.95. The van der Waals surface area contributed by atoms with Gasteiger partial charge in [0, 0.05) is 26.3 Å². The van der Waals surface area contributed by atoms with E-state index in [1.165, 1.54) is 13.3 Å². The van der Waals surface area contributed by atoms with Gasteiger partial charge in [-0.05, 0) is 77.5 Å². The van der Waals surface area contributed by atoms with Gasteiger partial charge in [0.15, 0.2) is 18.1 Å². The minimum absolute atomic E-state index is 0.248. The predicted octanol–water partition coefficient (Wildman–Crippen LogP) is 6.05. The molecule has 3 aromatic carbocycles. The largest absolute Gasteiger partial charge is 0.493 e. The van der Waals surface area contributed by atoms with Crippen molar-refractivity contribution in [3.63, 3.8) is 0 Å². The van der Waals surface area contributed by atoms with Crippen LogP contribution in [0.5, 0.6) is 17.2 Å². The van der Waals surface area contributed by atoms with Crippen LogP contribution in [0, 0.1) is 0 Å². The van der Waals surface area contributed by atoms with Gasteiger partial charge in [0.05, 0.1) is 24.4 Å². The van der Waals surface area contributed by atoms with E-state index in [1.807, 2.05) is 6.92 Å². The van der Waals surface area contributed by atoms with E-state index < -0.39 is 5.91 Å². The molecule has 8 nitrogen and oxygen atoms in total. The van der Waals surface area contributed by atoms with E-state index in [2.05, 4.69) is 47.7 Å². The average molecular weight is 640 g/mol. The highest BCUT2D eigenvalue weighted by Crippen LogP contribution is 2.32. The number of benzene rings is 3. The topological polar surface area (TPSA) is 98.3 Å². The summed E-state index contributed by atoms with van der Waals surface area (Å²) in [4.78, 5) is 24.9. The van der Waals surface area contributed by atoms with Crippen molar-refractivity contribution in [3.8, 4) is 17.2 Å². The summed E-state index contributed by atoms with van der Waals surface area (Å²) in [5, 5.41) is 7.35. The van der Waals surface area contributed by atoms with Gasteiger partial charge in [-0.25, -0.2) is 5.43 Å². The summed E-state index contributed by atoms with van der Waals surface area (Å²) in [6.45, 7) is 2.02. The van der Waals surface area contributed by atoms with Crippen molar-refractivity contribution in [2.45, 2.75) is 6.92 Å². The lowest BCUT2D eigenvalue weighted by Gasteiger charge is -2.12. The number of anilines is 1. The highest BCUT2D eigenvalue weighted by Gasteiger charge is 2.13. The minimum Gasteiger partial charge on any atom is -0.493 e. The normalized spacial score (nSPS) is 10.7. The zero-order valence-corrected chi connectivity index (χ0v) is 23.2. The molecule has 2 amide bonds. The molecule has 0 heterocycles. The summed E-state index contributed by atoms with van der Waals surface area (Å²) in [6, 6.07) is 15.1. The van der Waals surface area contributed by atoms with E-state index in [0.717, 1.165) is 4.47 Å². The molecule has 0 saturated carbocycles. The van der Waals surface area contributed by atoms with Crippen LogP contribution in [0.3, 0.4) is 0 Å². The number of carbonyl (C=O) groups excluding carboxylic acids is 2. The second-order valence-corrected chi connectivity index (χ2v) is 9.35. The van der Waals surface area contributed by atoms with Crippen molar-refractivity contribution >= 4 is 67.2 Å². The Morgan fingerprint density at radius 3 is 2.47 bits per heavy atom. The monoisotopic (exact) mass is 637 g/mol. The highest BCUT2D eigenvalue weighted by atomic mass is 79.9. The third-order valence-electron chi connectivity index (χ3n) is 4.61. The lowest BCUT2D eigenvalue weighted by Crippen LogP contribution is -2.21. The van der Waals surface area contributed by atoms with E-state index in [4.69, 9.17) is 25.8 Å². The molecule has 3 rings (SSSR count). The second-order valence-electron chi connectivity index (χ2n) is 7.15. The number of nitrogens with one attached hydrogen (secondary N) is 2. The van der Waals surface area contributed by atoms with Crippen LogP contribution >= 0.6 is 43.5 Å². The van der Waals surface area contributed by atoms with Gasteiger partial charge in [0.2, 0.25) is 0 Å². The van der Waals surface area contributed by atoms with E-state index in [0.29, 0.717) is 50.2 Å². The predicted molar refractivity (Wildman–Crippen MR) is 147 cm³/mol. The van der Waals surface area contributed by atoms with Crippen LogP contribution in [0.15, 0.2) is 68.6 Å². The number of rotatable bonds is 10. The zero-order valence-electron chi connectivity index (χ0n) is 19.3. The van der Waals surface area contributed by atoms with Crippen LogP contribution in [0.4, 0.5) is 5.69 Å². The Balaban J connectivity index is 1.68. The van der Waals surface area contributed by atoms with Gasteiger partial charge in [-0.15, -0.1) is 0 Å². The quantitative estimate of drug-likeness (QED) is 0.208. The van der Waals surface area contributed by atoms with Gasteiger partial charge in [-0.2, -0.15) is 5.10 Å². The number of methoxy groups -OCH3 is 1. The zero-order chi connectivity index (χ0) is 26.1. The Bertz CT molecular complexity index is 1270. The summed E-state index contributed by atoms with van der Waals surface area (Å²) in [5.74, 6) is 0.574. The number of hydrazone groups is 1. The van der Waals surface area contributed by atoms with Crippen molar-refractivity contribution in [1.82, 2.24) is 5.43 Å². The summed E-state index contributed by atoms with van der Waals surface area (Å²) in [7, 11) is 1.53. The Morgan fingerprint density at radius 1 is 1.03 bits per heavy atom. The van der Waals surface area contributed by atoms with Gasteiger partial charge in [-0.3, -0.25) is 9.59 Å². The molecule has 0 aliphatic carbocycles. The molecule has 188 valence electrons. The standard InChI is InChI=1S/C25H22Br2ClN3O5/c1-3-35-22-11-15(4-9-21(22)34-2)25(33)31-29-13-16-10-17(26)12-20(27)24(16)36-14-23(32)30-19-7-5-18(28)6-8-19/h4-13H,3,14H2,1-2H3,(H,30,32)(H,31,33)/b29-13+. The molecule has 0 unspecified atom stereocenters. The fourth-order valence-electron chi connectivity index (χ4n) is 3.01. The maximum atomic E-state index is 12.6. The third kappa shape index (κ3) is 7.71. The number of amides is 2. The first-order valence-electron chi connectivity index (χ1n) is 10.6. The molecule has 2 N–H and O–H groups in total. The Morgan fingerprint density at radius 2 is 1.78 bits per heavy atom. The maximum absolute atomic E-state index is 12.6. The van der Waals surface area contributed by atoms with Crippen LogP contribution in [0.25, 0.3) is 0 Å². The van der Waals surface area contributed by atoms with Crippen molar-refractivity contribution in [3.05, 3.63) is 79.7 Å². The lowest BCUT2D eigenvalue weighted by molar-refractivity contribution is -0.118. The maximum Gasteiger partial charge on any atom is 0.271 e. The molecule has 0 fully saturated rings. The summed E-state index contributed by atoms with van der Waals surface area (Å²) in [6.07, 6.45) is 1.42. The molecule has 0 bridgehead atoms. The van der Waals surface area contributed by atoms with E-state index >= 15 is 0 Å². The van der Waals surface area contributed by atoms with Gasteiger partial charge in [-0.1, -0.05) is 27.5 Å². The fourth-order valence-corrected chi connectivity index (χ4v) is 4.51. The summed E-state index contributed by atoms with van der Waals surface area (Å²) < 4.78 is 17.9. The molecule has 0 radical (unpaired) electrons. The van der Waals surface area contributed by atoms with E-state index in [9.17, 15) is 9.59 Å². The average Bonchev–Trinajstić information content (AvgIpc) is 2.85. The number of halogens is 3. The van der Waals surface area contributed by atoms with Crippen molar-refractivity contribution in [1.29, 1.82) is 0 Å². The molecule has 0 atom stereocenters. The molecular weight excluding hydrogens is 618 g/mol. The van der Waals surface area contributed by atoms with Crippen molar-refractivity contribution in [2.75, 3.05) is 25.6 Å². The molecule has 0 spiro atoms. The van der Waals surface area contributed by atoms with Crippen LogP contribution in [-0.4, -0.2) is 38.4 Å². The second kappa shape index (κ2) is 13.3. The molecule has 36 heavy (non-hydrogen) atoms. The molecule has 0 aliphatic heterocycles. The molecule has 11 heteroatoms. The summed E-state index contributed by atoms with van der Waals surface area (Å²) >= 11 is 12.7. The van der Waals surface area contributed by atoms with Crippen LogP contribution in [0.1, 0.15) is 22.8 Å². The number of hydrogen-bond acceptors (Lipinski definition) is 6. The van der Waals surface area contributed by atoms with Crippen LogP contribution in [0.2, 0.25) is 5.02 Å². The van der Waals surface area contributed by atoms with Crippen molar-refractivity contribution < 1.29 is 23.8 Å². The van der Waals surface area contributed by atoms with Gasteiger partial charge in [0.25, 0.3) is 11.8 Å². The smallest absolute Gasteiger partial charge is 0.271 e. The highest BCUT2D eigenvalue weighted by molar-refractivity contribution is 9.11. The first kappa shape index (κ1) is 27.5. The number of hydrogen-bond donors (Lipinski definition) is 2. The third-order valence-corrected chi connectivity index (χ3v) is 5.91. The molecule has 3 aromatic rings. The molecule has 0 aliphatic rings. The Labute approximate surface area is 230 Å². The van der Waals surface area contributed by atoms with Crippen molar-refractivity contribution in [2.24, 2.45) is 5.10 Å². The van der Waals surface area contributed by atoms with Crippen LogP contribution < -0.4 is 25.0 Å². The minimum atomic E-state index is -0.436. The van der Waals surface area contributed by atoms with Gasteiger partial charge < -0.3 is 19.5 Å². The van der Waals surface area contributed by atoms with Gasteiger partial charge >= 0.3 is 0 Å². The number of nitrogens with zero attached hydrogens (tertiary/aromatic N) is 1. The molecule has 0 aromatic heterocycles.